The van der Waals surface area contributed by atoms with Gasteiger partial charge in [-0.25, -0.2) is 9.48 Å². The summed E-state index contributed by atoms with van der Waals surface area (Å²) in [6, 6.07) is 4.88. The van der Waals surface area contributed by atoms with Gasteiger partial charge in [-0.1, -0.05) is 30.1 Å². The maximum atomic E-state index is 12.1. The van der Waals surface area contributed by atoms with E-state index in [2.05, 4.69) is 5.10 Å². The molecular formula is C19H22Cl2N2O4. The Morgan fingerprint density at radius 2 is 1.78 bits per heavy atom. The maximum absolute atomic E-state index is 12.1. The Morgan fingerprint density at radius 1 is 1.15 bits per heavy atom. The molecule has 0 saturated carbocycles. The lowest BCUT2D eigenvalue weighted by atomic mass is 10.1. The molecular weight excluding hydrogens is 391 g/mol. The molecule has 0 fully saturated rings. The number of nitrogens with zero attached hydrogens (tertiary/aromatic N) is 2. The third kappa shape index (κ3) is 5.23. The fraction of sp³-hybridized carbons (Fsp3) is 0.421. The van der Waals surface area contributed by atoms with Crippen molar-refractivity contribution in [1.82, 2.24) is 9.78 Å². The molecule has 27 heavy (non-hydrogen) atoms. The summed E-state index contributed by atoms with van der Waals surface area (Å²) in [5, 5.41) is 5.40. The standard InChI is InChI=1S/C19H22Cl2N2O4/c1-5-15-16(10-17(24)19(25)26-6-2)22-23(11(3)4)18(15)27-14-8-12(20)7-13(21)9-14/h7-9,11H,5-6,10H2,1-4H3. The average Bonchev–Trinajstić information content (AvgIpc) is 2.91. The van der Waals surface area contributed by atoms with E-state index in [1.165, 1.54) is 0 Å². The molecule has 0 bridgehead atoms. The molecule has 8 heteroatoms. The molecule has 6 nitrogen and oxygen atoms in total. The highest BCUT2D eigenvalue weighted by atomic mass is 35.5. The number of ether oxygens (including phenoxy) is 2. The van der Waals surface area contributed by atoms with Crippen LogP contribution in [0.5, 0.6) is 11.6 Å². The summed E-state index contributed by atoms with van der Waals surface area (Å²) in [6.07, 6.45) is 0.427. The molecule has 0 saturated heterocycles. The Kier molecular flexibility index (Phi) is 7.27. The van der Waals surface area contributed by atoms with Gasteiger partial charge in [-0.15, -0.1) is 0 Å². The normalized spacial score (nSPS) is 10.9. The molecule has 2 aromatic rings. The zero-order valence-electron chi connectivity index (χ0n) is 15.7. The highest BCUT2D eigenvalue weighted by Crippen LogP contribution is 2.34. The number of aromatic nitrogens is 2. The Morgan fingerprint density at radius 3 is 2.30 bits per heavy atom. The van der Waals surface area contributed by atoms with Crippen molar-refractivity contribution < 1.29 is 19.1 Å². The van der Waals surface area contributed by atoms with Crippen molar-refractivity contribution in [2.24, 2.45) is 0 Å². The highest BCUT2D eigenvalue weighted by Gasteiger charge is 2.25. The Labute approximate surface area is 168 Å². The van der Waals surface area contributed by atoms with Gasteiger partial charge < -0.3 is 9.47 Å². The van der Waals surface area contributed by atoms with E-state index >= 15 is 0 Å². The lowest BCUT2D eigenvalue weighted by molar-refractivity contribution is -0.153. The van der Waals surface area contributed by atoms with Crippen molar-refractivity contribution in [1.29, 1.82) is 0 Å². The van der Waals surface area contributed by atoms with Crippen molar-refractivity contribution in [3.05, 3.63) is 39.5 Å². The summed E-state index contributed by atoms with van der Waals surface area (Å²) >= 11 is 12.1. The first-order valence-corrected chi connectivity index (χ1v) is 9.46. The van der Waals surface area contributed by atoms with Crippen LogP contribution in [0.25, 0.3) is 0 Å². The highest BCUT2D eigenvalue weighted by molar-refractivity contribution is 6.35. The minimum Gasteiger partial charge on any atom is -0.460 e. The number of hydrogen-bond donors (Lipinski definition) is 0. The Balaban J connectivity index is 2.42. The van der Waals surface area contributed by atoms with Crippen molar-refractivity contribution in [3.8, 4) is 11.6 Å². The van der Waals surface area contributed by atoms with Crippen molar-refractivity contribution in [2.45, 2.75) is 46.6 Å². The van der Waals surface area contributed by atoms with Crippen molar-refractivity contribution in [2.75, 3.05) is 6.61 Å². The molecule has 0 radical (unpaired) electrons. The van der Waals surface area contributed by atoms with Crippen LogP contribution in [-0.2, 0) is 27.2 Å². The first kappa shape index (κ1) is 21.3. The second-order valence-corrected chi connectivity index (χ2v) is 7.02. The number of halogens is 2. The van der Waals surface area contributed by atoms with Crippen LogP contribution in [0.4, 0.5) is 0 Å². The number of esters is 1. The third-order valence-corrected chi connectivity index (χ3v) is 4.20. The van der Waals surface area contributed by atoms with Gasteiger partial charge in [0, 0.05) is 15.6 Å². The van der Waals surface area contributed by atoms with Crippen molar-refractivity contribution >= 4 is 35.0 Å². The number of rotatable bonds is 8. The monoisotopic (exact) mass is 412 g/mol. The van der Waals surface area contributed by atoms with E-state index < -0.39 is 11.8 Å². The molecule has 1 aromatic carbocycles. The van der Waals surface area contributed by atoms with Gasteiger partial charge in [0.1, 0.15) is 5.75 Å². The number of carbonyl (C=O) groups excluding carboxylic acids is 2. The van der Waals surface area contributed by atoms with Crippen LogP contribution in [-0.4, -0.2) is 28.1 Å². The van der Waals surface area contributed by atoms with Gasteiger partial charge in [0.15, 0.2) is 0 Å². The van der Waals surface area contributed by atoms with Crippen LogP contribution < -0.4 is 4.74 Å². The van der Waals surface area contributed by atoms with Crippen LogP contribution >= 0.6 is 23.2 Å². The summed E-state index contributed by atoms with van der Waals surface area (Å²) in [5.41, 5.74) is 1.24. The maximum Gasteiger partial charge on any atom is 0.375 e. The fourth-order valence-corrected chi connectivity index (χ4v) is 3.09. The molecule has 1 aromatic heterocycles. The zero-order chi connectivity index (χ0) is 20.1. The summed E-state index contributed by atoms with van der Waals surface area (Å²) in [7, 11) is 0. The summed E-state index contributed by atoms with van der Waals surface area (Å²) in [6.45, 7) is 7.62. The van der Waals surface area contributed by atoms with Crippen LogP contribution in [0.2, 0.25) is 10.0 Å². The second kappa shape index (κ2) is 9.24. The number of Topliss-reactive ketones (excluding diaryl/α,β-unsaturated/α-hetero) is 1. The van der Waals surface area contributed by atoms with Gasteiger partial charge in [-0.2, -0.15) is 5.10 Å². The topological polar surface area (TPSA) is 70.4 Å². The van der Waals surface area contributed by atoms with Crippen LogP contribution in [0.15, 0.2) is 18.2 Å². The first-order chi connectivity index (χ1) is 12.8. The molecule has 1 heterocycles. The number of hydrogen-bond acceptors (Lipinski definition) is 5. The van der Waals surface area contributed by atoms with E-state index in [4.69, 9.17) is 32.7 Å². The van der Waals surface area contributed by atoms with Gasteiger partial charge in [0.05, 0.1) is 24.8 Å². The number of benzene rings is 1. The molecule has 0 spiro atoms. The predicted octanol–water partition coefficient (Wildman–Crippen LogP) is 4.80. The molecule has 0 aliphatic heterocycles. The Hall–Kier alpha value is -2.05. The molecule has 0 aliphatic rings. The van der Waals surface area contributed by atoms with Gasteiger partial charge in [0.2, 0.25) is 11.7 Å². The average molecular weight is 413 g/mol. The van der Waals surface area contributed by atoms with Crippen LogP contribution in [0.1, 0.15) is 45.0 Å². The smallest absolute Gasteiger partial charge is 0.375 e. The third-order valence-electron chi connectivity index (χ3n) is 3.77. The van der Waals surface area contributed by atoms with Crippen LogP contribution in [0.3, 0.4) is 0 Å². The van der Waals surface area contributed by atoms with E-state index in [1.807, 2.05) is 20.8 Å². The molecule has 0 atom stereocenters. The summed E-state index contributed by atoms with van der Waals surface area (Å²) in [5.74, 6) is -0.537. The Bertz CT molecular complexity index is 826. The van der Waals surface area contributed by atoms with E-state index in [1.54, 1.807) is 29.8 Å². The number of carbonyl (C=O) groups is 2. The quantitative estimate of drug-likeness (QED) is 0.459. The molecule has 2 rings (SSSR count). The minimum atomic E-state index is -0.859. The molecule has 0 unspecified atom stereocenters. The van der Waals surface area contributed by atoms with E-state index in [9.17, 15) is 9.59 Å². The van der Waals surface area contributed by atoms with Gasteiger partial charge in [0.25, 0.3) is 0 Å². The summed E-state index contributed by atoms with van der Waals surface area (Å²) in [4.78, 5) is 23.8. The lowest BCUT2D eigenvalue weighted by Gasteiger charge is -2.13. The molecule has 0 aliphatic carbocycles. The van der Waals surface area contributed by atoms with Gasteiger partial charge in [-0.05, 0) is 45.4 Å². The minimum absolute atomic E-state index is 0.0219. The fourth-order valence-electron chi connectivity index (χ4n) is 2.59. The molecule has 146 valence electrons. The molecule has 0 N–H and O–H groups in total. The first-order valence-electron chi connectivity index (χ1n) is 8.70. The van der Waals surface area contributed by atoms with Gasteiger partial charge in [-0.3, -0.25) is 4.79 Å². The summed E-state index contributed by atoms with van der Waals surface area (Å²) < 4.78 is 12.5. The van der Waals surface area contributed by atoms with Crippen LogP contribution in [0, 0.1) is 0 Å². The van der Waals surface area contributed by atoms with E-state index in [-0.39, 0.29) is 19.1 Å². The van der Waals surface area contributed by atoms with E-state index in [0.717, 1.165) is 5.56 Å². The zero-order valence-corrected chi connectivity index (χ0v) is 17.2. The second-order valence-electron chi connectivity index (χ2n) is 6.15. The lowest BCUT2D eigenvalue weighted by Crippen LogP contribution is -2.20. The van der Waals surface area contributed by atoms with E-state index in [0.29, 0.717) is 33.8 Å². The molecule has 0 amide bonds. The SMILES string of the molecule is CCOC(=O)C(=O)Cc1nn(C(C)C)c(Oc2cc(Cl)cc(Cl)c2)c1CC. The van der Waals surface area contributed by atoms with Crippen molar-refractivity contribution in [3.63, 3.8) is 0 Å². The number of ketones is 1. The predicted molar refractivity (Wildman–Crippen MR) is 104 cm³/mol. The van der Waals surface area contributed by atoms with Gasteiger partial charge >= 0.3 is 5.97 Å². The largest absolute Gasteiger partial charge is 0.460 e.